The molecule has 0 spiro atoms. The highest BCUT2D eigenvalue weighted by Crippen LogP contribution is 2.68. The zero-order chi connectivity index (χ0) is 14.6. The van der Waals surface area contributed by atoms with Crippen LogP contribution in [0.2, 0.25) is 43.3 Å². The lowest BCUT2D eigenvalue weighted by atomic mass is 10.2. The Morgan fingerprint density at radius 1 is 1.06 bits per heavy atom. The average Bonchev–Trinajstić information content (AvgIpc) is 2.62. The smallest absolute Gasteiger partial charge is 0.191 e. The lowest BCUT2D eigenvalue weighted by Crippen LogP contribution is -2.41. The van der Waals surface area contributed by atoms with Crippen LogP contribution in [-0.4, -0.2) is 27.3 Å². The van der Waals surface area contributed by atoms with Crippen molar-refractivity contribution < 1.29 is 4.43 Å². The molecule has 1 fully saturated rings. The van der Waals surface area contributed by atoms with E-state index in [2.05, 4.69) is 53.5 Å². The first-order chi connectivity index (χ1) is 7.71. The zero-order valence-electron chi connectivity index (χ0n) is 13.0. The maximum atomic E-state index is 6.44. The molecule has 0 aromatic heterocycles. The fraction of sp³-hybridized carbons (Fsp3) is 1.00. The number of halogens is 2. The van der Waals surface area contributed by atoms with Gasteiger partial charge in [0, 0.05) is 12.5 Å². The molecule has 0 radical (unpaired) electrons. The molecule has 0 bridgehead atoms. The van der Waals surface area contributed by atoms with Crippen LogP contribution in [-0.2, 0) is 4.43 Å². The standard InChI is InChI=1S/C13H28Cl2OSi2/c1-12(2,3)18(7,8)16-9-10-11(13(10,14)15)17(4,5)6/h10-11H,9H2,1-8H3/t10-,11+/m0/s1. The minimum atomic E-state index is -1.68. The lowest BCUT2D eigenvalue weighted by Gasteiger charge is -2.36. The van der Waals surface area contributed by atoms with Gasteiger partial charge < -0.3 is 4.43 Å². The van der Waals surface area contributed by atoms with Gasteiger partial charge in [0.05, 0.1) is 8.07 Å². The van der Waals surface area contributed by atoms with Gasteiger partial charge >= 0.3 is 0 Å². The Morgan fingerprint density at radius 2 is 1.50 bits per heavy atom. The van der Waals surface area contributed by atoms with Crippen molar-refractivity contribution in [3.63, 3.8) is 0 Å². The minimum Gasteiger partial charge on any atom is -0.416 e. The molecule has 1 nitrogen and oxygen atoms in total. The third-order valence-corrected chi connectivity index (χ3v) is 13.2. The Kier molecular flexibility index (Phi) is 4.51. The first-order valence-corrected chi connectivity index (χ1v) is 14.0. The van der Waals surface area contributed by atoms with E-state index in [0.29, 0.717) is 11.5 Å². The molecule has 0 aromatic carbocycles. The van der Waals surface area contributed by atoms with Gasteiger partial charge in [-0.05, 0) is 23.7 Å². The van der Waals surface area contributed by atoms with Crippen molar-refractivity contribution in [2.75, 3.05) is 6.61 Å². The summed E-state index contributed by atoms with van der Waals surface area (Å²) in [6.07, 6.45) is 0. The summed E-state index contributed by atoms with van der Waals surface area (Å²) < 4.78 is 5.74. The van der Waals surface area contributed by atoms with E-state index in [1.165, 1.54) is 0 Å². The molecular formula is C13H28Cl2OSi2. The van der Waals surface area contributed by atoms with Crippen molar-refractivity contribution in [3.05, 3.63) is 0 Å². The molecule has 1 aliphatic rings. The van der Waals surface area contributed by atoms with E-state index in [0.717, 1.165) is 6.61 Å². The van der Waals surface area contributed by atoms with Crippen LogP contribution in [0.25, 0.3) is 0 Å². The zero-order valence-corrected chi connectivity index (χ0v) is 16.5. The number of alkyl halides is 2. The predicted octanol–water partition coefficient (Wildman–Crippen LogP) is 5.52. The third-order valence-electron chi connectivity index (χ3n) is 4.57. The van der Waals surface area contributed by atoms with Crippen LogP contribution in [0.1, 0.15) is 20.8 Å². The Labute approximate surface area is 125 Å². The lowest BCUT2D eigenvalue weighted by molar-refractivity contribution is 0.271. The Hall–Kier alpha value is 0.974. The first-order valence-electron chi connectivity index (χ1n) is 6.73. The van der Waals surface area contributed by atoms with Crippen LogP contribution in [0.5, 0.6) is 0 Å². The molecule has 5 heteroatoms. The molecule has 1 rings (SSSR count). The maximum Gasteiger partial charge on any atom is 0.191 e. The number of hydrogen-bond acceptors (Lipinski definition) is 1. The molecule has 18 heavy (non-hydrogen) atoms. The summed E-state index contributed by atoms with van der Waals surface area (Å²) in [7, 11) is -2.97. The highest BCUT2D eigenvalue weighted by atomic mass is 35.5. The second kappa shape index (κ2) is 4.76. The van der Waals surface area contributed by atoms with E-state index < -0.39 is 20.7 Å². The Morgan fingerprint density at radius 3 is 1.78 bits per heavy atom. The summed E-state index contributed by atoms with van der Waals surface area (Å²) in [5.74, 6) is 0.335. The fourth-order valence-corrected chi connectivity index (χ4v) is 8.89. The monoisotopic (exact) mass is 326 g/mol. The second-order valence-electron chi connectivity index (χ2n) is 8.20. The van der Waals surface area contributed by atoms with Gasteiger partial charge in [0.15, 0.2) is 8.32 Å². The molecule has 0 aliphatic heterocycles. The van der Waals surface area contributed by atoms with Crippen LogP contribution in [0.15, 0.2) is 0 Å². The summed E-state index contributed by atoms with van der Waals surface area (Å²) in [6.45, 7) is 19.1. The van der Waals surface area contributed by atoms with Gasteiger partial charge in [-0.15, -0.1) is 23.2 Å². The largest absolute Gasteiger partial charge is 0.416 e. The van der Waals surface area contributed by atoms with Crippen LogP contribution in [0.4, 0.5) is 0 Å². The SMILES string of the molecule is CC(C)(C)[Si](C)(C)OC[C@H]1[C@@H]([Si](C)(C)C)C1(Cl)Cl. The minimum absolute atomic E-state index is 0.248. The van der Waals surface area contributed by atoms with Gasteiger partial charge in [-0.1, -0.05) is 40.4 Å². The van der Waals surface area contributed by atoms with Crippen molar-refractivity contribution >= 4 is 39.6 Å². The summed E-state index contributed by atoms with van der Waals surface area (Å²) >= 11 is 12.9. The molecule has 0 amide bonds. The normalized spacial score (nSPS) is 28.3. The molecule has 1 saturated carbocycles. The van der Waals surface area contributed by atoms with Gasteiger partial charge in [0.1, 0.15) is 4.33 Å². The van der Waals surface area contributed by atoms with Crippen molar-refractivity contribution in [1.29, 1.82) is 0 Å². The average molecular weight is 327 g/mol. The van der Waals surface area contributed by atoms with Gasteiger partial charge in [-0.2, -0.15) is 0 Å². The van der Waals surface area contributed by atoms with Crippen molar-refractivity contribution in [3.8, 4) is 0 Å². The quantitative estimate of drug-likeness (QED) is 0.488. The maximum absolute atomic E-state index is 6.44. The molecule has 108 valence electrons. The molecular weight excluding hydrogens is 299 g/mol. The van der Waals surface area contributed by atoms with E-state index >= 15 is 0 Å². The summed E-state index contributed by atoms with van der Waals surface area (Å²) in [5, 5.41) is 0.248. The number of hydrogen-bond donors (Lipinski definition) is 0. The van der Waals surface area contributed by atoms with Gasteiger partial charge in [0.2, 0.25) is 0 Å². The topological polar surface area (TPSA) is 9.23 Å². The molecule has 2 atom stereocenters. The highest BCUT2D eigenvalue weighted by Gasteiger charge is 2.67. The van der Waals surface area contributed by atoms with E-state index in [1.807, 2.05) is 0 Å². The van der Waals surface area contributed by atoms with Gasteiger partial charge in [-0.25, -0.2) is 0 Å². The Balaban J connectivity index is 2.62. The van der Waals surface area contributed by atoms with E-state index in [1.54, 1.807) is 0 Å². The van der Waals surface area contributed by atoms with Crippen LogP contribution in [0.3, 0.4) is 0 Å². The predicted molar refractivity (Wildman–Crippen MR) is 88.2 cm³/mol. The summed E-state index contributed by atoms with van der Waals surface area (Å²) in [4.78, 5) is 0. The fourth-order valence-electron chi connectivity index (χ4n) is 2.29. The molecule has 0 unspecified atom stereocenters. The van der Waals surface area contributed by atoms with Crippen LogP contribution < -0.4 is 0 Å². The highest BCUT2D eigenvalue weighted by molar-refractivity contribution is 6.82. The van der Waals surface area contributed by atoms with Crippen molar-refractivity contribution in [1.82, 2.24) is 0 Å². The Bertz CT molecular complexity index is 316. The van der Waals surface area contributed by atoms with Crippen molar-refractivity contribution in [2.24, 2.45) is 5.92 Å². The molecule has 0 heterocycles. The van der Waals surface area contributed by atoms with Crippen molar-refractivity contribution in [2.45, 2.75) is 68.4 Å². The van der Waals surface area contributed by atoms with Crippen LogP contribution >= 0.6 is 23.2 Å². The van der Waals surface area contributed by atoms with E-state index in [9.17, 15) is 0 Å². The summed E-state index contributed by atoms with van der Waals surface area (Å²) in [6, 6.07) is 0. The van der Waals surface area contributed by atoms with Crippen LogP contribution in [0, 0.1) is 5.92 Å². The first kappa shape index (κ1) is 17.0. The second-order valence-corrected chi connectivity index (χ2v) is 19.8. The van der Waals surface area contributed by atoms with Gasteiger partial charge in [-0.3, -0.25) is 0 Å². The summed E-state index contributed by atoms with van der Waals surface area (Å²) in [5.41, 5.74) is 0.470. The molecule has 0 N–H and O–H groups in total. The molecule has 0 aromatic rings. The molecule has 0 saturated heterocycles. The van der Waals surface area contributed by atoms with E-state index in [4.69, 9.17) is 27.6 Å². The number of rotatable bonds is 4. The third kappa shape index (κ3) is 3.35. The van der Waals surface area contributed by atoms with E-state index in [-0.39, 0.29) is 5.04 Å². The van der Waals surface area contributed by atoms with Gasteiger partial charge in [0.25, 0.3) is 0 Å². The molecule has 1 aliphatic carbocycles.